The zero-order valence-electron chi connectivity index (χ0n) is 17.2. The molecule has 174 valence electrons. The highest BCUT2D eigenvalue weighted by Crippen LogP contribution is 2.39. The molecule has 1 aliphatic heterocycles. The highest BCUT2D eigenvalue weighted by molar-refractivity contribution is 7.22. The second-order valence-electron chi connectivity index (χ2n) is 8.46. The summed E-state index contributed by atoms with van der Waals surface area (Å²) in [5.74, 6) is 0.482. The molecule has 0 amide bonds. The Hall–Kier alpha value is -2.27. The van der Waals surface area contributed by atoms with Crippen molar-refractivity contribution in [3.63, 3.8) is 0 Å². The highest BCUT2D eigenvalue weighted by Gasteiger charge is 2.35. The number of hydrogen-bond donors (Lipinski definition) is 0. The molecule has 2 fully saturated rings. The molecule has 2 aliphatic rings. The van der Waals surface area contributed by atoms with Crippen molar-refractivity contribution >= 4 is 32.1 Å². The summed E-state index contributed by atoms with van der Waals surface area (Å²) in [4.78, 5) is 26.6. The van der Waals surface area contributed by atoms with Gasteiger partial charge in [0.2, 0.25) is 0 Å². The maximum atomic E-state index is 14.9. The van der Waals surface area contributed by atoms with Crippen LogP contribution in [-0.2, 0) is 6.18 Å². The monoisotopic (exact) mass is 473 g/mol. The standard InChI is InChI=1S/C21H23F4N3O3S/c22-18-12-27(7-6-26(18)11-13-4-2-1-3-5-13)19-10-17(29)15-8-14(21(23,24)25)9-16(28(30)31)20(15)32-19/h8-10,13,18H,1-7,11-12H2. The van der Waals surface area contributed by atoms with Crippen LogP contribution in [-0.4, -0.2) is 42.3 Å². The van der Waals surface area contributed by atoms with Gasteiger partial charge in [-0.1, -0.05) is 19.3 Å². The molecule has 2 aromatic rings. The number of nitro benzene ring substituents is 1. The van der Waals surface area contributed by atoms with Crippen LogP contribution in [0.15, 0.2) is 23.0 Å². The first-order valence-corrected chi connectivity index (χ1v) is 11.4. The SMILES string of the molecule is O=c1cc(N2CCN(CC3CCCCC3)C(F)C2)sc2c([N+](=O)[O-])cc(C(F)(F)F)cc12. The van der Waals surface area contributed by atoms with E-state index in [0.29, 0.717) is 42.7 Å². The Morgan fingerprint density at radius 1 is 1.12 bits per heavy atom. The zero-order valence-corrected chi connectivity index (χ0v) is 18.1. The third-order valence-corrected chi connectivity index (χ3v) is 7.49. The van der Waals surface area contributed by atoms with Crippen LogP contribution in [0.25, 0.3) is 10.1 Å². The van der Waals surface area contributed by atoms with Gasteiger partial charge in [0.05, 0.1) is 22.0 Å². The van der Waals surface area contributed by atoms with Crippen molar-refractivity contribution in [2.24, 2.45) is 5.92 Å². The van der Waals surface area contributed by atoms with Gasteiger partial charge in [0, 0.05) is 37.2 Å². The molecule has 1 saturated heterocycles. The van der Waals surface area contributed by atoms with E-state index in [9.17, 15) is 32.5 Å². The topological polar surface area (TPSA) is 66.7 Å². The normalized spacial score (nSPS) is 21.2. The van der Waals surface area contributed by atoms with E-state index < -0.39 is 34.1 Å². The Balaban J connectivity index is 1.60. The van der Waals surface area contributed by atoms with Gasteiger partial charge >= 0.3 is 6.18 Å². The summed E-state index contributed by atoms with van der Waals surface area (Å²) in [6.45, 7) is 1.58. The van der Waals surface area contributed by atoms with Gasteiger partial charge in [-0.05, 0) is 24.8 Å². The molecule has 1 aromatic heterocycles. The van der Waals surface area contributed by atoms with E-state index in [1.54, 1.807) is 9.80 Å². The van der Waals surface area contributed by atoms with Crippen molar-refractivity contribution in [1.29, 1.82) is 0 Å². The minimum absolute atomic E-state index is 0.00258. The Morgan fingerprint density at radius 2 is 1.84 bits per heavy atom. The number of nitro groups is 1. The van der Waals surface area contributed by atoms with Gasteiger partial charge in [0.25, 0.3) is 5.69 Å². The number of piperazine rings is 1. The van der Waals surface area contributed by atoms with E-state index in [0.717, 1.165) is 30.2 Å². The highest BCUT2D eigenvalue weighted by atomic mass is 32.1. The number of alkyl halides is 4. The summed E-state index contributed by atoms with van der Waals surface area (Å²) in [6, 6.07) is 2.24. The maximum absolute atomic E-state index is 14.9. The lowest BCUT2D eigenvalue weighted by Crippen LogP contribution is -2.52. The van der Waals surface area contributed by atoms with Crippen LogP contribution in [0, 0.1) is 16.0 Å². The number of benzene rings is 1. The molecule has 11 heteroatoms. The van der Waals surface area contributed by atoms with Gasteiger partial charge in [-0.2, -0.15) is 13.2 Å². The fourth-order valence-corrected chi connectivity index (χ4v) is 5.75. The van der Waals surface area contributed by atoms with Crippen LogP contribution in [0.2, 0.25) is 0 Å². The second-order valence-corrected chi connectivity index (χ2v) is 9.49. The molecule has 32 heavy (non-hydrogen) atoms. The van der Waals surface area contributed by atoms with Crippen LogP contribution in [0.4, 0.5) is 28.3 Å². The number of halogens is 4. The third-order valence-electron chi connectivity index (χ3n) is 6.27. The van der Waals surface area contributed by atoms with Gasteiger partial charge in [-0.25, -0.2) is 4.39 Å². The van der Waals surface area contributed by atoms with Gasteiger partial charge in [-0.3, -0.25) is 19.8 Å². The Kier molecular flexibility index (Phi) is 6.39. The summed E-state index contributed by atoms with van der Waals surface area (Å²) in [7, 11) is 0. The summed E-state index contributed by atoms with van der Waals surface area (Å²) in [6.07, 6.45) is -0.300. The van der Waals surface area contributed by atoms with E-state index in [-0.39, 0.29) is 16.6 Å². The lowest BCUT2D eigenvalue weighted by atomic mass is 9.89. The zero-order chi connectivity index (χ0) is 23.0. The Morgan fingerprint density at radius 3 is 2.47 bits per heavy atom. The van der Waals surface area contributed by atoms with E-state index in [2.05, 4.69) is 0 Å². The molecule has 1 saturated carbocycles. The Labute approximate surface area is 185 Å². The number of fused-ring (bicyclic) bond motifs is 1. The average molecular weight is 473 g/mol. The second kappa shape index (κ2) is 8.93. The molecule has 1 atom stereocenters. The van der Waals surface area contributed by atoms with Crippen molar-refractivity contribution in [2.45, 2.75) is 44.6 Å². The fraction of sp³-hybridized carbons (Fsp3) is 0.571. The van der Waals surface area contributed by atoms with Crippen molar-refractivity contribution in [2.75, 3.05) is 31.1 Å². The van der Waals surface area contributed by atoms with Gasteiger partial charge in [-0.15, -0.1) is 11.3 Å². The molecule has 1 aliphatic carbocycles. The summed E-state index contributed by atoms with van der Waals surface area (Å²) >= 11 is 0.852. The smallest absolute Gasteiger partial charge is 0.358 e. The molecule has 4 rings (SSSR count). The number of hydrogen-bond acceptors (Lipinski definition) is 6. The molecule has 0 spiro atoms. The molecule has 0 N–H and O–H groups in total. The summed E-state index contributed by atoms with van der Waals surface area (Å²) in [5, 5.41) is 11.4. The number of anilines is 1. The number of non-ortho nitro benzene ring substituents is 1. The van der Waals surface area contributed by atoms with Crippen molar-refractivity contribution in [3.05, 3.63) is 44.1 Å². The molecule has 6 nitrogen and oxygen atoms in total. The lowest BCUT2D eigenvalue weighted by molar-refractivity contribution is -0.383. The summed E-state index contributed by atoms with van der Waals surface area (Å²) < 4.78 is 54.2. The number of rotatable bonds is 4. The third kappa shape index (κ3) is 4.73. The van der Waals surface area contributed by atoms with Gasteiger partial charge in [0.15, 0.2) is 11.7 Å². The minimum atomic E-state index is -4.81. The molecule has 0 radical (unpaired) electrons. The largest absolute Gasteiger partial charge is 0.416 e. The Bertz CT molecular complexity index is 1070. The first-order chi connectivity index (χ1) is 15.1. The maximum Gasteiger partial charge on any atom is 0.416 e. The fourth-order valence-electron chi connectivity index (χ4n) is 4.57. The van der Waals surface area contributed by atoms with E-state index >= 15 is 0 Å². The molecule has 1 aromatic carbocycles. The average Bonchev–Trinajstić information content (AvgIpc) is 2.74. The van der Waals surface area contributed by atoms with E-state index in [4.69, 9.17) is 0 Å². The van der Waals surface area contributed by atoms with Gasteiger partial charge in [0.1, 0.15) is 4.70 Å². The van der Waals surface area contributed by atoms with Crippen LogP contribution >= 0.6 is 11.3 Å². The number of nitrogens with zero attached hydrogens (tertiary/aromatic N) is 3. The van der Waals surface area contributed by atoms with E-state index in [1.165, 1.54) is 19.3 Å². The van der Waals surface area contributed by atoms with Crippen LogP contribution in [0.5, 0.6) is 0 Å². The first-order valence-electron chi connectivity index (χ1n) is 10.6. The molecular formula is C21H23F4N3O3S. The molecular weight excluding hydrogens is 450 g/mol. The van der Waals surface area contributed by atoms with E-state index in [1.807, 2.05) is 0 Å². The predicted octanol–water partition coefficient (Wildman–Crippen LogP) is 5.19. The quantitative estimate of drug-likeness (QED) is 0.265. The minimum Gasteiger partial charge on any atom is -0.358 e. The molecule has 1 unspecified atom stereocenters. The molecule has 0 bridgehead atoms. The van der Waals surface area contributed by atoms with Crippen molar-refractivity contribution in [1.82, 2.24) is 4.90 Å². The van der Waals surface area contributed by atoms with Gasteiger partial charge < -0.3 is 4.90 Å². The van der Waals surface area contributed by atoms with Crippen molar-refractivity contribution in [3.8, 4) is 0 Å². The van der Waals surface area contributed by atoms with Crippen LogP contribution < -0.4 is 10.3 Å². The van der Waals surface area contributed by atoms with Crippen molar-refractivity contribution < 1.29 is 22.5 Å². The first kappa shape index (κ1) is 22.9. The summed E-state index contributed by atoms with van der Waals surface area (Å²) in [5.41, 5.74) is -2.76. The van der Waals surface area contributed by atoms with Crippen LogP contribution in [0.1, 0.15) is 37.7 Å². The van der Waals surface area contributed by atoms with Crippen LogP contribution in [0.3, 0.4) is 0 Å². The lowest BCUT2D eigenvalue weighted by Gasteiger charge is -2.40. The predicted molar refractivity (Wildman–Crippen MR) is 115 cm³/mol. The molecule has 2 heterocycles.